The molecule has 1 aliphatic heterocycles. The van der Waals surface area contributed by atoms with E-state index >= 15 is 0 Å². The Morgan fingerprint density at radius 3 is 2.85 bits per heavy atom. The van der Waals surface area contributed by atoms with Crippen molar-refractivity contribution in [1.82, 2.24) is 5.32 Å². The quantitative estimate of drug-likeness (QED) is 0.664. The van der Waals surface area contributed by atoms with Crippen LogP contribution in [0.4, 0.5) is 5.69 Å². The van der Waals surface area contributed by atoms with Crippen molar-refractivity contribution >= 4 is 5.69 Å². The van der Waals surface area contributed by atoms with Crippen LogP contribution in [0.3, 0.4) is 0 Å². The minimum absolute atomic E-state index is 0.159. The lowest BCUT2D eigenvalue weighted by molar-refractivity contribution is -0.385. The molecule has 1 unspecified atom stereocenters. The molecule has 5 nitrogen and oxygen atoms in total. The normalized spacial score (nSPS) is 18.8. The number of rotatable bonds is 5. The van der Waals surface area contributed by atoms with Crippen molar-refractivity contribution in [3.8, 4) is 5.75 Å². The summed E-state index contributed by atoms with van der Waals surface area (Å²) in [7, 11) is 0. The molecule has 110 valence electrons. The Balaban J connectivity index is 1.92. The highest BCUT2D eigenvalue weighted by Gasteiger charge is 2.15. The second-order valence-corrected chi connectivity index (χ2v) is 5.51. The average molecular weight is 278 g/mol. The van der Waals surface area contributed by atoms with E-state index in [1.165, 1.54) is 12.8 Å². The molecule has 5 heteroatoms. The first-order valence-electron chi connectivity index (χ1n) is 7.17. The molecule has 1 aliphatic rings. The second-order valence-electron chi connectivity index (χ2n) is 5.51. The molecule has 1 atom stereocenters. The number of aryl methyl sites for hydroxylation is 2. The van der Waals surface area contributed by atoms with Crippen LogP contribution in [-0.2, 0) is 0 Å². The van der Waals surface area contributed by atoms with Crippen LogP contribution in [0, 0.1) is 29.9 Å². The highest BCUT2D eigenvalue weighted by molar-refractivity contribution is 5.49. The monoisotopic (exact) mass is 278 g/mol. The van der Waals surface area contributed by atoms with Gasteiger partial charge in [0.1, 0.15) is 5.75 Å². The maximum absolute atomic E-state index is 10.9. The highest BCUT2D eigenvalue weighted by Crippen LogP contribution is 2.28. The summed E-state index contributed by atoms with van der Waals surface area (Å²) in [6.07, 6.45) is 3.53. The lowest BCUT2D eigenvalue weighted by Gasteiger charge is -2.22. The van der Waals surface area contributed by atoms with Gasteiger partial charge in [0.2, 0.25) is 0 Å². The van der Waals surface area contributed by atoms with Crippen molar-refractivity contribution in [2.45, 2.75) is 33.1 Å². The van der Waals surface area contributed by atoms with Gasteiger partial charge >= 0.3 is 0 Å². The third-order valence-electron chi connectivity index (χ3n) is 3.87. The zero-order valence-electron chi connectivity index (χ0n) is 12.1. The van der Waals surface area contributed by atoms with E-state index in [9.17, 15) is 10.1 Å². The van der Waals surface area contributed by atoms with E-state index in [0.29, 0.717) is 18.1 Å². The van der Waals surface area contributed by atoms with Crippen LogP contribution >= 0.6 is 0 Å². The molecular weight excluding hydrogens is 256 g/mol. The third kappa shape index (κ3) is 3.70. The zero-order valence-corrected chi connectivity index (χ0v) is 12.1. The van der Waals surface area contributed by atoms with Gasteiger partial charge in [0.05, 0.1) is 11.5 Å². The predicted molar refractivity (Wildman–Crippen MR) is 78.3 cm³/mol. The lowest BCUT2D eigenvalue weighted by atomic mass is 9.97. The van der Waals surface area contributed by atoms with Gasteiger partial charge in [-0.25, -0.2) is 0 Å². The molecule has 1 aromatic carbocycles. The van der Waals surface area contributed by atoms with Crippen molar-refractivity contribution < 1.29 is 9.66 Å². The van der Waals surface area contributed by atoms with Crippen molar-refractivity contribution in [3.63, 3.8) is 0 Å². The molecule has 1 saturated heterocycles. The number of ether oxygens (including phenoxy) is 1. The number of benzene rings is 1. The molecule has 2 rings (SSSR count). The Hall–Kier alpha value is -1.62. The van der Waals surface area contributed by atoms with Crippen LogP contribution in [0.5, 0.6) is 5.75 Å². The maximum atomic E-state index is 10.9. The molecule has 0 saturated carbocycles. The van der Waals surface area contributed by atoms with Gasteiger partial charge in [-0.1, -0.05) is 0 Å². The molecule has 0 spiro atoms. The first-order valence-corrected chi connectivity index (χ1v) is 7.17. The molecule has 0 aliphatic carbocycles. The molecule has 0 bridgehead atoms. The maximum Gasteiger partial charge on any atom is 0.272 e. The van der Waals surface area contributed by atoms with E-state index in [4.69, 9.17) is 4.74 Å². The van der Waals surface area contributed by atoms with Crippen molar-refractivity contribution in [2.75, 3.05) is 19.7 Å². The first kappa shape index (κ1) is 14.8. The molecule has 1 fully saturated rings. The van der Waals surface area contributed by atoms with Gasteiger partial charge in [0.15, 0.2) is 0 Å². The summed E-state index contributed by atoms with van der Waals surface area (Å²) in [6.45, 7) is 6.46. The van der Waals surface area contributed by atoms with Crippen molar-refractivity contribution in [3.05, 3.63) is 33.4 Å². The fourth-order valence-electron chi connectivity index (χ4n) is 2.63. The third-order valence-corrected chi connectivity index (χ3v) is 3.87. The van der Waals surface area contributed by atoms with E-state index in [1.807, 2.05) is 6.92 Å². The van der Waals surface area contributed by atoms with Crippen LogP contribution in [0.25, 0.3) is 0 Å². The summed E-state index contributed by atoms with van der Waals surface area (Å²) in [5, 5.41) is 14.3. The SMILES string of the molecule is Cc1cc([N+](=O)[O-])c(C)cc1OCCC1CCCNC1. The van der Waals surface area contributed by atoms with E-state index < -0.39 is 0 Å². The molecule has 1 N–H and O–H groups in total. The van der Waals surface area contributed by atoms with Crippen LogP contribution in [0.15, 0.2) is 12.1 Å². The van der Waals surface area contributed by atoms with E-state index in [1.54, 1.807) is 19.1 Å². The van der Waals surface area contributed by atoms with Crippen LogP contribution in [0.2, 0.25) is 0 Å². The Kier molecular flexibility index (Phi) is 4.95. The second kappa shape index (κ2) is 6.70. The number of piperidine rings is 1. The number of nitrogens with zero attached hydrogens (tertiary/aromatic N) is 1. The van der Waals surface area contributed by atoms with Gasteiger partial charge in [-0.2, -0.15) is 0 Å². The van der Waals surface area contributed by atoms with Crippen LogP contribution in [-0.4, -0.2) is 24.6 Å². The van der Waals surface area contributed by atoms with Crippen LogP contribution in [0.1, 0.15) is 30.4 Å². The minimum atomic E-state index is -0.347. The predicted octanol–water partition coefficient (Wildman–Crippen LogP) is 2.98. The molecule has 0 radical (unpaired) electrons. The van der Waals surface area contributed by atoms with E-state index in [2.05, 4.69) is 5.32 Å². The molecular formula is C15H22N2O3. The zero-order chi connectivity index (χ0) is 14.5. The summed E-state index contributed by atoms with van der Waals surface area (Å²) < 4.78 is 5.80. The molecule has 1 heterocycles. The smallest absolute Gasteiger partial charge is 0.272 e. The highest BCUT2D eigenvalue weighted by atomic mass is 16.6. The fourth-order valence-corrected chi connectivity index (χ4v) is 2.63. The lowest BCUT2D eigenvalue weighted by Crippen LogP contribution is -2.30. The molecule has 0 aromatic heterocycles. The Labute approximate surface area is 119 Å². The Morgan fingerprint density at radius 1 is 1.40 bits per heavy atom. The minimum Gasteiger partial charge on any atom is -0.493 e. The summed E-state index contributed by atoms with van der Waals surface area (Å²) in [4.78, 5) is 10.5. The van der Waals surface area contributed by atoms with Crippen molar-refractivity contribution in [2.24, 2.45) is 5.92 Å². The van der Waals surface area contributed by atoms with Gasteiger partial charge in [-0.15, -0.1) is 0 Å². The summed E-state index contributed by atoms with van der Waals surface area (Å²) in [5.41, 5.74) is 1.63. The Bertz CT molecular complexity index is 482. The number of nitro groups is 1. The Morgan fingerprint density at radius 2 is 2.20 bits per heavy atom. The van der Waals surface area contributed by atoms with Gasteiger partial charge in [0, 0.05) is 11.6 Å². The number of hydrogen-bond acceptors (Lipinski definition) is 4. The summed E-state index contributed by atoms with van der Waals surface area (Å²) in [6, 6.07) is 3.36. The van der Waals surface area contributed by atoms with Gasteiger partial charge in [-0.05, 0) is 63.7 Å². The number of nitrogens with one attached hydrogen (secondary N) is 1. The fraction of sp³-hybridized carbons (Fsp3) is 0.600. The molecule has 1 aromatic rings. The van der Waals surface area contributed by atoms with Crippen LogP contribution < -0.4 is 10.1 Å². The summed E-state index contributed by atoms with van der Waals surface area (Å²) >= 11 is 0. The average Bonchev–Trinajstić information content (AvgIpc) is 2.43. The molecule has 0 amide bonds. The number of nitro benzene ring substituents is 1. The van der Waals surface area contributed by atoms with Crippen molar-refractivity contribution in [1.29, 1.82) is 0 Å². The van der Waals surface area contributed by atoms with E-state index in [0.717, 1.165) is 30.8 Å². The molecule has 20 heavy (non-hydrogen) atoms. The first-order chi connectivity index (χ1) is 9.58. The number of hydrogen-bond donors (Lipinski definition) is 1. The van der Waals surface area contributed by atoms with Gasteiger partial charge < -0.3 is 10.1 Å². The standard InChI is InChI=1S/C15H22N2O3/c1-11-9-15(12(2)8-14(11)17(18)19)20-7-5-13-4-3-6-16-10-13/h8-9,13,16H,3-7,10H2,1-2H3. The topological polar surface area (TPSA) is 64.4 Å². The summed E-state index contributed by atoms with van der Waals surface area (Å²) in [5.74, 6) is 1.44. The largest absolute Gasteiger partial charge is 0.493 e. The van der Waals surface area contributed by atoms with E-state index in [-0.39, 0.29) is 10.6 Å². The van der Waals surface area contributed by atoms with Gasteiger partial charge in [0.25, 0.3) is 5.69 Å². The van der Waals surface area contributed by atoms with Gasteiger partial charge in [-0.3, -0.25) is 10.1 Å².